The summed E-state index contributed by atoms with van der Waals surface area (Å²) in [5.41, 5.74) is 2.16. The van der Waals surface area contributed by atoms with Crippen molar-refractivity contribution in [2.24, 2.45) is 0 Å². The van der Waals surface area contributed by atoms with Gasteiger partial charge in [-0.05, 0) is 36.2 Å². The second-order valence-electron chi connectivity index (χ2n) is 4.41. The molecule has 0 N–H and O–H groups in total. The van der Waals surface area contributed by atoms with Crippen LogP contribution in [0.5, 0.6) is 5.75 Å². The highest BCUT2D eigenvalue weighted by atomic mass is 35.5. The third-order valence-corrected chi connectivity index (χ3v) is 3.21. The van der Waals surface area contributed by atoms with Gasteiger partial charge in [-0.1, -0.05) is 17.7 Å². The van der Waals surface area contributed by atoms with Crippen LogP contribution >= 0.6 is 11.6 Å². The molecule has 0 heterocycles. The van der Waals surface area contributed by atoms with Crippen LogP contribution in [0.3, 0.4) is 0 Å². The van der Waals surface area contributed by atoms with Crippen molar-refractivity contribution in [2.45, 2.75) is 13.5 Å². The molecular weight excluding hydrogens is 292 g/mol. The number of halogens is 1. The molecule has 2 rings (SSSR count). The van der Waals surface area contributed by atoms with Crippen molar-refractivity contribution in [3.63, 3.8) is 0 Å². The van der Waals surface area contributed by atoms with Crippen molar-refractivity contribution in [1.29, 1.82) is 5.26 Å². The Morgan fingerprint density at radius 3 is 2.71 bits per heavy atom. The fourth-order valence-corrected chi connectivity index (χ4v) is 2.00. The second kappa shape index (κ2) is 6.25. The maximum atomic E-state index is 10.9. The van der Waals surface area contributed by atoms with Gasteiger partial charge in [-0.3, -0.25) is 10.1 Å². The minimum Gasteiger partial charge on any atom is -0.482 e. The lowest BCUT2D eigenvalue weighted by atomic mass is 10.1. The number of nitrogens with zero attached hydrogens (tertiary/aromatic N) is 2. The van der Waals surface area contributed by atoms with Gasteiger partial charge in [0.1, 0.15) is 6.61 Å². The van der Waals surface area contributed by atoms with Gasteiger partial charge in [0, 0.05) is 17.2 Å². The molecule has 0 saturated heterocycles. The number of hydrogen-bond donors (Lipinski definition) is 0. The maximum absolute atomic E-state index is 10.9. The van der Waals surface area contributed by atoms with E-state index in [9.17, 15) is 10.1 Å². The van der Waals surface area contributed by atoms with E-state index in [-0.39, 0.29) is 18.0 Å². The molecule has 106 valence electrons. The monoisotopic (exact) mass is 302 g/mol. The summed E-state index contributed by atoms with van der Waals surface area (Å²) in [5.74, 6) is 0.122. The minimum absolute atomic E-state index is 0.122. The molecule has 6 heteroatoms. The van der Waals surface area contributed by atoms with Crippen LogP contribution in [0.1, 0.15) is 16.7 Å². The predicted octanol–water partition coefficient (Wildman–Crippen LogP) is 4.01. The summed E-state index contributed by atoms with van der Waals surface area (Å²) in [6, 6.07) is 11.4. The average molecular weight is 303 g/mol. The number of ether oxygens (including phenoxy) is 1. The lowest BCUT2D eigenvalue weighted by Gasteiger charge is -2.09. The average Bonchev–Trinajstić information content (AvgIpc) is 2.45. The molecule has 0 bridgehead atoms. The molecule has 0 atom stereocenters. The van der Waals surface area contributed by atoms with Gasteiger partial charge < -0.3 is 4.74 Å². The van der Waals surface area contributed by atoms with Gasteiger partial charge in [-0.15, -0.1) is 0 Å². The highest BCUT2D eigenvalue weighted by Gasteiger charge is 2.15. The highest BCUT2D eigenvalue weighted by Crippen LogP contribution is 2.30. The summed E-state index contributed by atoms with van der Waals surface area (Å²) in [6.45, 7) is 2.02. The van der Waals surface area contributed by atoms with Gasteiger partial charge in [0.05, 0.1) is 16.6 Å². The van der Waals surface area contributed by atoms with E-state index in [0.717, 1.165) is 11.1 Å². The number of benzene rings is 2. The molecule has 0 saturated carbocycles. The van der Waals surface area contributed by atoms with Crippen molar-refractivity contribution in [1.82, 2.24) is 0 Å². The Labute approximate surface area is 126 Å². The first-order valence-electron chi connectivity index (χ1n) is 6.07. The zero-order valence-electron chi connectivity index (χ0n) is 11.2. The zero-order valence-corrected chi connectivity index (χ0v) is 11.9. The van der Waals surface area contributed by atoms with Crippen LogP contribution in [-0.4, -0.2) is 4.92 Å². The molecule has 0 amide bonds. The van der Waals surface area contributed by atoms with E-state index in [2.05, 4.69) is 6.07 Å². The highest BCUT2D eigenvalue weighted by molar-refractivity contribution is 6.30. The van der Waals surface area contributed by atoms with Gasteiger partial charge in [-0.2, -0.15) is 5.26 Å². The maximum Gasteiger partial charge on any atom is 0.311 e. The largest absolute Gasteiger partial charge is 0.482 e. The fourth-order valence-electron chi connectivity index (χ4n) is 1.84. The number of aryl methyl sites for hydroxylation is 1. The normalized spacial score (nSPS) is 9.95. The molecule has 0 aromatic heterocycles. The lowest BCUT2D eigenvalue weighted by molar-refractivity contribution is -0.385. The third kappa shape index (κ3) is 3.50. The van der Waals surface area contributed by atoms with Gasteiger partial charge in [0.2, 0.25) is 0 Å². The predicted molar refractivity (Wildman–Crippen MR) is 78.3 cm³/mol. The van der Waals surface area contributed by atoms with E-state index >= 15 is 0 Å². The van der Waals surface area contributed by atoms with Crippen LogP contribution in [-0.2, 0) is 6.61 Å². The summed E-state index contributed by atoms with van der Waals surface area (Å²) >= 11 is 5.84. The number of nitro groups is 1. The van der Waals surface area contributed by atoms with Crippen molar-refractivity contribution >= 4 is 17.3 Å². The molecule has 0 aliphatic rings. The molecule has 5 nitrogen and oxygen atoms in total. The van der Waals surface area contributed by atoms with Gasteiger partial charge in [0.25, 0.3) is 0 Å². The smallest absolute Gasteiger partial charge is 0.311 e. The summed E-state index contributed by atoms with van der Waals surface area (Å²) in [7, 11) is 0. The first kappa shape index (κ1) is 14.8. The van der Waals surface area contributed by atoms with Crippen LogP contribution in [0.15, 0.2) is 36.4 Å². The number of nitriles is 1. The van der Waals surface area contributed by atoms with Crippen molar-refractivity contribution in [2.75, 3.05) is 0 Å². The number of nitro benzene ring substituents is 1. The first-order chi connectivity index (χ1) is 10.0. The summed E-state index contributed by atoms with van der Waals surface area (Å²) in [4.78, 5) is 10.4. The standard InChI is InChI=1S/C15H11ClN2O3/c1-10-6-11(8-17)2-3-12(10)9-21-15-7-13(16)4-5-14(15)18(19)20/h2-7H,9H2,1H3. The minimum atomic E-state index is -0.517. The molecule has 0 radical (unpaired) electrons. The van der Waals surface area contributed by atoms with E-state index < -0.39 is 4.92 Å². The molecular formula is C15H11ClN2O3. The summed E-state index contributed by atoms with van der Waals surface area (Å²) < 4.78 is 5.51. The van der Waals surface area contributed by atoms with Crippen molar-refractivity contribution < 1.29 is 9.66 Å². The van der Waals surface area contributed by atoms with Gasteiger partial charge in [-0.25, -0.2) is 0 Å². The molecule has 0 fully saturated rings. The van der Waals surface area contributed by atoms with Crippen LogP contribution < -0.4 is 4.74 Å². The molecule has 2 aromatic carbocycles. The number of rotatable bonds is 4. The quantitative estimate of drug-likeness (QED) is 0.631. The Morgan fingerprint density at radius 1 is 1.33 bits per heavy atom. The first-order valence-corrected chi connectivity index (χ1v) is 6.45. The SMILES string of the molecule is Cc1cc(C#N)ccc1COc1cc(Cl)ccc1[N+](=O)[O-]. The van der Waals surface area contributed by atoms with E-state index in [0.29, 0.717) is 10.6 Å². The van der Waals surface area contributed by atoms with Crippen LogP contribution in [0.2, 0.25) is 5.02 Å². The van der Waals surface area contributed by atoms with Gasteiger partial charge in [0.15, 0.2) is 5.75 Å². The van der Waals surface area contributed by atoms with Crippen molar-refractivity contribution in [3.05, 3.63) is 68.2 Å². The summed E-state index contributed by atoms with van der Waals surface area (Å²) in [6.07, 6.45) is 0. The summed E-state index contributed by atoms with van der Waals surface area (Å²) in [5, 5.41) is 20.1. The zero-order chi connectivity index (χ0) is 15.4. The van der Waals surface area contributed by atoms with E-state index in [1.54, 1.807) is 18.2 Å². The van der Waals surface area contributed by atoms with E-state index in [4.69, 9.17) is 21.6 Å². The van der Waals surface area contributed by atoms with Crippen LogP contribution in [0, 0.1) is 28.4 Å². The Kier molecular flexibility index (Phi) is 4.41. The third-order valence-electron chi connectivity index (χ3n) is 2.97. The lowest BCUT2D eigenvalue weighted by Crippen LogP contribution is -2.01. The van der Waals surface area contributed by atoms with Gasteiger partial charge >= 0.3 is 5.69 Å². The molecule has 21 heavy (non-hydrogen) atoms. The van der Waals surface area contributed by atoms with Crippen molar-refractivity contribution in [3.8, 4) is 11.8 Å². The van der Waals surface area contributed by atoms with E-state index in [1.807, 2.05) is 6.92 Å². The molecule has 0 aliphatic heterocycles. The number of hydrogen-bond acceptors (Lipinski definition) is 4. The second-order valence-corrected chi connectivity index (χ2v) is 4.85. The molecule has 0 aliphatic carbocycles. The topological polar surface area (TPSA) is 76.2 Å². The Hall–Kier alpha value is -2.58. The van der Waals surface area contributed by atoms with E-state index in [1.165, 1.54) is 18.2 Å². The van der Waals surface area contributed by atoms with Crippen LogP contribution in [0.4, 0.5) is 5.69 Å². The molecule has 0 spiro atoms. The molecule has 2 aromatic rings. The fraction of sp³-hybridized carbons (Fsp3) is 0.133. The Bertz CT molecular complexity index is 738. The molecule has 0 unspecified atom stereocenters. The Morgan fingerprint density at radius 2 is 2.10 bits per heavy atom. The Balaban J connectivity index is 2.22. The van der Waals surface area contributed by atoms with Crippen LogP contribution in [0.25, 0.3) is 0 Å².